The van der Waals surface area contributed by atoms with E-state index in [0.29, 0.717) is 31.1 Å². The SMILES string of the molecule is CC(C)(C)c1ccc(S(=O)(=O)N2CCN(c3nc4ccccc4s3)CC2)cc1. The zero-order chi connectivity index (χ0) is 19.9. The van der Waals surface area contributed by atoms with E-state index in [1.54, 1.807) is 27.8 Å². The summed E-state index contributed by atoms with van der Waals surface area (Å²) in [5, 5.41) is 0.966. The molecule has 1 saturated heterocycles. The van der Waals surface area contributed by atoms with Crippen molar-refractivity contribution in [1.82, 2.24) is 9.29 Å². The van der Waals surface area contributed by atoms with Crippen molar-refractivity contribution in [3.8, 4) is 0 Å². The molecule has 5 nitrogen and oxygen atoms in total. The van der Waals surface area contributed by atoms with Gasteiger partial charge >= 0.3 is 0 Å². The maximum absolute atomic E-state index is 13.0. The van der Waals surface area contributed by atoms with Crippen LogP contribution in [0, 0.1) is 0 Å². The summed E-state index contributed by atoms with van der Waals surface area (Å²) in [4.78, 5) is 7.24. The van der Waals surface area contributed by atoms with Crippen LogP contribution in [0.2, 0.25) is 0 Å². The van der Waals surface area contributed by atoms with Crippen molar-refractivity contribution >= 4 is 36.7 Å². The molecule has 0 N–H and O–H groups in total. The second-order valence-electron chi connectivity index (χ2n) is 8.13. The van der Waals surface area contributed by atoms with Crippen LogP contribution in [0.5, 0.6) is 0 Å². The van der Waals surface area contributed by atoms with Gasteiger partial charge in [-0.2, -0.15) is 4.31 Å². The summed E-state index contributed by atoms with van der Waals surface area (Å²) >= 11 is 1.66. The van der Waals surface area contributed by atoms with E-state index in [1.807, 2.05) is 30.3 Å². The fourth-order valence-electron chi connectivity index (χ4n) is 3.39. The molecule has 0 atom stereocenters. The van der Waals surface area contributed by atoms with Crippen molar-refractivity contribution in [3.05, 3.63) is 54.1 Å². The first kappa shape index (κ1) is 19.4. The average Bonchev–Trinajstić information content (AvgIpc) is 3.12. The number of hydrogen-bond acceptors (Lipinski definition) is 5. The van der Waals surface area contributed by atoms with Gasteiger partial charge in [0.05, 0.1) is 15.1 Å². The summed E-state index contributed by atoms with van der Waals surface area (Å²) in [6, 6.07) is 15.4. The molecule has 0 amide bonds. The summed E-state index contributed by atoms with van der Waals surface area (Å²) in [6.45, 7) is 8.62. The van der Waals surface area contributed by atoms with Crippen molar-refractivity contribution in [1.29, 1.82) is 0 Å². The molecule has 1 aliphatic rings. The fraction of sp³-hybridized carbons (Fsp3) is 0.381. The number of sulfonamides is 1. The molecule has 3 aromatic rings. The first-order valence-electron chi connectivity index (χ1n) is 9.46. The van der Waals surface area contributed by atoms with E-state index < -0.39 is 10.0 Å². The minimum atomic E-state index is -3.46. The lowest BCUT2D eigenvalue weighted by Crippen LogP contribution is -2.48. The zero-order valence-corrected chi connectivity index (χ0v) is 18.1. The van der Waals surface area contributed by atoms with Crippen molar-refractivity contribution in [2.45, 2.75) is 31.1 Å². The number of benzene rings is 2. The molecule has 0 unspecified atom stereocenters. The van der Waals surface area contributed by atoms with Crippen LogP contribution in [-0.4, -0.2) is 43.9 Å². The number of hydrogen-bond donors (Lipinski definition) is 0. The molecule has 1 aliphatic heterocycles. The highest BCUT2D eigenvalue weighted by atomic mass is 32.2. The lowest BCUT2D eigenvalue weighted by atomic mass is 9.87. The Balaban J connectivity index is 1.47. The van der Waals surface area contributed by atoms with Crippen LogP contribution in [0.25, 0.3) is 10.2 Å². The Hall–Kier alpha value is -1.96. The molecule has 7 heteroatoms. The van der Waals surface area contributed by atoms with Crippen molar-refractivity contribution in [3.63, 3.8) is 0 Å². The number of rotatable bonds is 3. The summed E-state index contributed by atoms with van der Waals surface area (Å²) in [5.41, 5.74) is 2.13. The highest BCUT2D eigenvalue weighted by Gasteiger charge is 2.29. The van der Waals surface area contributed by atoms with Gasteiger partial charge in [-0.15, -0.1) is 0 Å². The molecule has 0 aliphatic carbocycles. The Kier molecular flexibility index (Phi) is 4.93. The highest BCUT2D eigenvalue weighted by Crippen LogP contribution is 2.30. The molecule has 0 radical (unpaired) electrons. The second-order valence-corrected chi connectivity index (χ2v) is 11.1. The number of nitrogens with zero attached hydrogens (tertiary/aromatic N) is 3. The largest absolute Gasteiger partial charge is 0.345 e. The van der Waals surface area contributed by atoms with Crippen molar-refractivity contribution in [2.75, 3.05) is 31.1 Å². The number of fused-ring (bicyclic) bond motifs is 1. The minimum absolute atomic E-state index is 0.00513. The molecule has 4 rings (SSSR count). The monoisotopic (exact) mass is 415 g/mol. The third-order valence-electron chi connectivity index (χ3n) is 5.15. The summed E-state index contributed by atoms with van der Waals surface area (Å²) in [5.74, 6) is 0. The second kappa shape index (κ2) is 7.13. The van der Waals surface area contributed by atoms with Gasteiger partial charge in [0, 0.05) is 26.2 Å². The lowest BCUT2D eigenvalue weighted by molar-refractivity contribution is 0.385. The Bertz CT molecular complexity index is 1040. The number of anilines is 1. The van der Waals surface area contributed by atoms with Crippen LogP contribution in [0.4, 0.5) is 5.13 Å². The van der Waals surface area contributed by atoms with E-state index in [4.69, 9.17) is 4.98 Å². The predicted molar refractivity (Wildman–Crippen MR) is 116 cm³/mol. The van der Waals surface area contributed by atoms with Crippen LogP contribution in [0.1, 0.15) is 26.3 Å². The molecule has 1 fully saturated rings. The standard InChI is InChI=1S/C21H25N3O2S2/c1-21(2,3)16-8-10-17(11-9-16)28(25,26)24-14-12-23(13-15-24)20-22-18-6-4-5-7-19(18)27-20/h4-11H,12-15H2,1-3H3. The van der Waals surface area contributed by atoms with E-state index in [2.05, 4.69) is 31.7 Å². The summed E-state index contributed by atoms with van der Waals surface area (Å²) in [6.07, 6.45) is 0. The fourth-order valence-corrected chi connectivity index (χ4v) is 5.83. The highest BCUT2D eigenvalue weighted by molar-refractivity contribution is 7.89. The Morgan fingerprint density at radius 1 is 0.929 bits per heavy atom. The Morgan fingerprint density at radius 3 is 2.18 bits per heavy atom. The molecular formula is C21H25N3O2S2. The van der Waals surface area contributed by atoms with Crippen LogP contribution in [0.15, 0.2) is 53.4 Å². The van der Waals surface area contributed by atoms with Crippen LogP contribution in [-0.2, 0) is 15.4 Å². The minimum Gasteiger partial charge on any atom is -0.345 e. The molecule has 0 spiro atoms. The van der Waals surface area contributed by atoms with E-state index in [-0.39, 0.29) is 5.41 Å². The molecule has 148 valence electrons. The number of piperazine rings is 1. The molecule has 2 heterocycles. The van der Waals surface area contributed by atoms with Crippen molar-refractivity contribution < 1.29 is 8.42 Å². The maximum atomic E-state index is 13.0. The van der Waals surface area contributed by atoms with Gasteiger partial charge in [0.1, 0.15) is 0 Å². The smallest absolute Gasteiger partial charge is 0.243 e. The quantitative estimate of drug-likeness (QED) is 0.646. The van der Waals surface area contributed by atoms with Gasteiger partial charge in [-0.05, 0) is 35.2 Å². The van der Waals surface area contributed by atoms with E-state index in [9.17, 15) is 8.42 Å². The number of thiazole rings is 1. The van der Waals surface area contributed by atoms with Gasteiger partial charge in [-0.1, -0.05) is 56.4 Å². The third-order valence-corrected chi connectivity index (χ3v) is 8.16. The molecule has 0 bridgehead atoms. The summed E-state index contributed by atoms with van der Waals surface area (Å²) < 4.78 is 28.8. The molecule has 28 heavy (non-hydrogen) atoms. The Labute approximate surface area is 170 Å². The third kappa shape index (κ3) is 3.66. The van der Waals surface area contributed by atoms with Crippen LogP contribution < -0.4 is 4.90 Å². The maximum Gasteiger partial charge on any atom is 0.243 e. The van der Waals surface area contributed by atoms with Gasteiger partial charge in [-0.25, -0.2) is 13.4 Å². The van der Waals surface area contributed by atoms with E-state index in [1.165, 1.54) is 0 Å². The van der Waals surface area contributed by atoms with Crippen LogP contribution in [0.3, 0.4) is 0 Å². The van der Waals surface area contributed by atoms with Gasteiger partial charge < -0.3 is 4.90 Å². The first-order valence-corrected chi connectivity index (χ1v) is 11.7. The Morgan fingerprint density at radius 2 is 1.57 bits per heavy atom. The molecule has 0 saturated carbocycles. The van der Waals surface area contributed by atoms with Crippen molar-refractivity contribution in [2.24, 2.45) is 0 Å². The number of para-hydroxylation sites is 1. The molecule has 1 aromatic heterocycles. The van der Waals surface area contributed by atoms with E-state index in [0.717, 1.165) is 20.9 Å². The zero-order valence-electron chi connectivity index (χ0n) is 16.4. The summed E-state index contributed by atoms with van der Waals surface area (Å²) in [7, 11) is -3.46. The predicted octanol–water partition coefficient (Wildman–Crippen LogP) is 4.10. The molecule has 2 aromatic carbocycles. The normalized spacial score (nSPS) is 16.6. The van der Waals surface area contributed by atoms with Gasteiger partial charge in [0.2, 0.25) is 10.0 Å². The average molecular weight is 416 g/mol. The van der Waals surface area contributed by atoms with Gasteiger partial charge in [-0.3, -0.25) is 0 Å². The van der Waals surface area contributed by atoms with E-state index >= 15 is 0 Å². The molecular weight excluding hydrogens is 390 g/mol. The van der Waals surface area contributed by atoms with Crippen LogP contribution >= 0.6 is 11.3 Å². The first-order chi connectivity index (χ1) is 13.2. The number of aromatic nitrogens is 1. The van der Waals surface area contributed by atoms with Gasteiger partial charge in [0.25, 0.3) is 0 Å². The topological polar surface area (TPSA) is 53.5 Å². The lowest BCUT2D eigenvalue weighted by Gasteiger charge is -2.33. The van der Waals surface area contributed by atoms with Gasteiger partial charge in [0.15, 0.2) is 5.13 Å².